The molecule has 0 radical (unpaired) electrons. The molecule has 5 heteroatoms. The van der Waals surface area contributed by atoms with Crippen molar-refractivity contribution in [2.75, 3.05) is 6.54 Å². The smallest absolute Gasteiger partial charge is 0.243 e. The topological polar surface area (TPSA) is 89.4 Å². The number of rotatable bonds is 2. The zero-order chi connectivity index (χ0) is 11.8. The summed E-state index contributed by atoms with van der Waals surface area (Å²) in [6.07, 6.45) is 5.02. The molecule has 0 spiro atoms. The van der Waals surface area contributed by atoms with Gasteiger partial charge in [-0.1, -0.05) is 0 Å². The highest BCUT2D eigenvalue weighted by molar-refractivity contribution is 5.92. The van der Waals surface area contributed by atoms with Gasteiger partial charge in [0.2, 0.25) is 11.8 Å². The summed E-state index contributed by atoms with van der Waals surface area (Å²) in [4.78, 5) is 25.1. The monoisotopic (exact) mass is 225 g/mol. The number of likely N-dealkylation sites (tertiary alicyclic amines) is 1. The van der Waals surface area contributed by atoms with Gasteiger partial charge in [0.25, 0.3) is 0 Å². The number of hydrogen-bond donors (Lipinski definition) is 2. The number of nitrogens with zero attached hydrogens (tertiary/aromatic N) is 1. The van der Waals surface area contributed by atoms with Crippen molar-refractivity contribution in [3.63, 3.8) is 0 Å². The second-order valence-electron chi connectivity index (χ2n) is 4.92. The Morgan fingerprint density at radius 3 is 2.38 bits per heavy atom. The molecule has 1 saturated carbocycles. The zero-order valence-electron chi connectivity index (χ0n) is 9.45. The van der Waals surface area contributed by atoms with Crippen LogP contribution in [-0.2, 0) is 9.59 Å². The van der Waals surface area contributed by atoms with Crippen LogP contribution in [-0.4, -0.2) is 34.8 Å². The molecule has 2 amide bonds. The van der Waals surface area contributed by atoms with Gasteiger partial charge in [0.1, 0.15) is 6.04 Å². The molecule has 0 aromatic rings. The number of carbonyl (C=O) groups excluding carboxylic acids is 2. The van der Waals surface area contributed by atoms with Gasteiger partial charge < -0.3 is 16.4 Å². The molecule has 1 atom stereocenters. The van der Waals surface area contributed by atoms with E-state index in [4.69, 9.17) is 11.5 Å². The lowest BCUT2D eigenvalue weighted by atomic mass is 9.76. The number of hydrogen-bond acceptors (Lipinski definition) is 3. The summed E-state index contributed by atoms with van der Waals surface area (Å²) in [6.45, 7) is 0.616. The van der Waals surface area contributed by atoms with Crippen LogP contribution in [0, 0.1) is 0 Å². The summed E-state index contributed by atoms with van der Waals surface area (Å²) >= 11 is 0. The van der Waals surface area contributed by atoms with Crippen LogP contribution in [0.1, 0.15) is 38.5 Å². The van der Waals surface area contributed by atoms with Crippen LogP contribution >= 0.6 is 0 Å². The van der Waals surface area contributed by atoms with Crippen LogP contribution < -0.4 is 11.5 Å². The molecule has 1 aliphatic heterocycles. The van der Waals surface area contributed by atoms with Gasteiger partial charge in [-0.05, 0) is 38.5 Å². The Kier molecular flexibility index (Phi) is 2.88. The summed E-state index contributed by atoms with van der Waals surface area (Å²) in [6, 6.07) is -0.442. The first-order chi connectivity index (χ1) is 7.54. The second-order valence-corrected chi connectivity index (χ2v) is 4.92. The fourth-order valence-electron chi connectivity index (χ4n) is 2.53. The van der Waals surface area contributed by atoms with Gasteiger partial charge in [-0.2, -0.15) is 0 Å². The second kappa shape index (κ2) is 4.05. The van der Waals surface area contributed by atoms with E-state index >= 15 is 0 Å². The van der Waals surface area contributed by atoms with Crippen LogP contribution in [0.15, 0.2) is 0 Å². The maximum Gasteiger partial charge on any atom is 0.243 e. The summed E-state index contributed by atoms with van der Waals surface area (Å²) in [5.74, 6) is -0.488. The Morgan fingerprint density at radius 2 is 1.88 bits per heavy atom. The normalized spacial score (nSPS) is 28.3. The Hall–Kier alpha value is -1.10. The number of piperidine rings is 1. The van der Waals surface area contributed by atoms with Gasteiger partial charge in [0, 0.05) is 6.54 Å². The van der Waals surface area contributed by atoms with E-state index in [2.05, 4.69) is 0 Å². The van der Waals surface area contributed by atoms with E-state index in [1.807, 2.05) is 0 Å². The standard InChI is InChI=1S/C11H19N3O2/c12-9(15)8-4-1-2-7-14(8)10(16)11(13)5-3-6-11/h8H,1-7,13H2,(H2,12,15). The van der Waals surface area contributed by atoms with E-state index in [1.54, 1.807) is 4.90 Å². The molecule has 1 aliphatic carbocycles. The minimum absolute atomic E-state index is 0.0812. The van der Waals surface area contributed by atoms with Crippen LogP contribution in [0.3, 0.4) is 0 Å². The van der Waals surface area contributed by atoms with Crippen LogP contribution in [0.2, 0.25) is 0 Å². The molecule has 1 saturated heterocycles. The minimum Gasteiger partial charge on any atom is -0.368 e. The van der Waals surface area contributed by atoms with E-state index in [0.717, 1.165) is 32.1 Å². The molecule has 2 fully saturated rings. The largest absolute Gasteiger partial charge is 0.368 e. The Bertz CT molecular complexity index is 312. The van der Waals surface area contributed by atoms with Crippen molar-refractivity contribution in [1.29, 1.82) is 0 Å². The average Bonchev–Trinajstić information content (AvgIpc) is 2.25. The highest BCUT2D eigenvalue weighted by Crippen LogP contribution is 2.32. The van der Waals surface area contributed by atoms with E-state index in [1.165, 1.54) is 0 Å². The number of carbonyl (C=O) groups is 2. The van der Waals surface area contributed by atoms with Crippen molar-refractivity contribution in [2.45, 2.75) is 50.1 Å². The van der Waals surface area contributed by atoms with Gasteiger partial charge in [0.15, 0.2) is 0 Å². The summed E-state index contributed by atoms with van der Waals surface area (Å²) in [5.41, 5.74) is 10.6. The zero-order valence-corrected chi connectivity index (χ0v) is 9.45. The SMILES string of the molecule is NC(=O)C1CCCCN1C(=O)C1(N)CCC1. The lowest BCUT2D eigenvalue weighted by Gasteiger charge is -2.44. The number of primary amides is 1. The molecule has 1 unspecified atom stereocenters. The van der Waals surface area contributed by atoms with Crippen molar-refractivity contribution in [2.24, 2.45) is 11.5 Å². The van der Waals surface area contributed by atoms with Gasteiger partial charge in [-0.25, -0.2) is 0 Å². The van der Waals surface area contributed by atoms with Crippen LogP contribution in [0.5, 0.6) is 0 Å². The molecular formula is C11H19N3O2. The van der Waals surface area contributed by atoms with Gasteiger partial charge >= 0.3 is 0 Å². The highest BCUT2D eigenvalue weighted by atomic mass is 16.2. The fraction of sp³-hybridized carbons (Fsp3) is 0.818. The average molecular weight is 225 g/mol. The molecular weight excluding hydrogens is 206 g/mol. The molecule has 5 nitrogen and oxygen atoms in total. The predicted octanol–water partition coefficient (Wildman–Crippen LogP) is -0.266. The molecule has 4 N–H and O–H groups in total. The summed E-state index contributed by atoms with van der Waals surface area (Å²) in [5, 5.41) is 0. The third-order valence-electron chi connectivity index (χ3n) is 3.76. The van der Waals surface area contributed by atoms with E-state index in [-0.39, 0.29) is 5.91 Å². The fourth-order valence-corrected chi connectivity index (χ4v) is 2.53. The first-order valence-corrected chi connectivity index (χ1v) is 5.94. The van der Waals surface area contributed by atoms with E-state index < -0.39 is 17.5 Å². The summed E-state index contributed by atoms with van der Waals surface area (Å²) in [7, 11) is 0. The third-order valence-corrected chi connectivity index (χ3v) is 3.76. The molecule has 0 bridgehead atoms. The maximum absolute atomic E-state index is 12.2. The molecule has 1 heterocycles. The first kappa shape index (κ1) is 11.4. The minimum atomic E-state index is -0.717. The van der Waals surface area contributed by atoms with Gasteiger partial charge in [-0.3, -0.25) is 9.59 Å². The van der Waals surface area contributed by atoms with E-state index in [9.17, 15) is 9.59 Å². The Balaban J connectivity index is 2.10. The quantitative estimate of drug-likeness (QED) is 0.678. The van der Waals surface area contributed by atoms with Crippen molar-refractivity contribution in [1.82, 2.24) is 4.90 Å². The molecule has 0 aromatic carbocycles. The maximum atomic E-state index is 12.2. The summed E-state index contributed by atoms with van der Waals surface area (Å²) < 4.78 is 0. The van der Waals surface area contributed by atoms with Gasteiger partial charge in [-0.15, -0.1) is 0 Å². The lowest BCUT2D eigenvalue weighted by molar-refractivity contribution is -0.148. The molecule has 2 aliphatic rings. The Labute approximate surface area is 95.1 Å². The first-order valence-electron chi connectivity index (χ1n) is 5.94. The molecule has 2 rings (SSSR count). The number of amides is 2. The Morgan fingerprint density at radius 1 is 1.19 bits per heavy atom. The van der Waals surface area contributed by atoms with Crippen molar-refractivity contribution >= 4 is 11.8 Å². The third kappa shape index (κ3) is 1.80. The molecule has 0 aromatic heterocycles. The predicted molar refractivity (Wildman–Crippen MR) is 59.3 cm³/mol. The van der Waals surface area contributed by atoms with Crippen molar-refractivity contribution in [3.05, 3.63) is 0 Å². The molecule has 16 heavy (non-hydrogen) atoms. The molecule has 90 valence electrons. The van der Waals surface area contributed by atoms with Crippen molar-refractivity contribution in [3.8, 4) is 0 Å². The van der Waals surface area contributed by atoms with Crippen LogP contribution in [0.25, 0.3) is 0 Å². The van der Waals surface area contributed by atoms with Crippen LogP contribution in [0.4, 0.5) is 0 Å². The lowest BCUT2D eigenvalue weighted by Crippen LogP contribution is -2.63. The number of nitrogens with two attached hydrogens (primary N) is 2. The van der Waals surface area contributed by atoms with Crippen molar-refractivity contribution < 1.29 is 9.59 Å². The van der Waals surface area contributed by atoms with E-state index in [0.29, 0.717) is 13.0 Å². The highest BCUT2D eigenvalue weighted by Gasteiger charge is 2.45. The van der Waals surface area contributed by atoms with Gasteiger partial charge in [0.05, 0.1) is 5.54 Å².